The summed E-state index contributed by atoms with van der Waals surface area (Å²) >= 11 is 18.2. The lowest BCUT2D eigenvalue weighted by Gasteiger charge is -2.36. The van der Waals surface area contributed by atoms with Gasteiger partial charge in [-0.2, -0.15) is 0 Å². The molecule has 0 aliphatic carbocycles. The van der Waals surface area contributed by atoms with Gasteiger partial charge in [0.1, 0.15) is 6.61 Å². The highest BCUT2D eigenvalue weighted by Crippen LogP contribution is 2.35. The second kappa shape index (κ2) is 11.2. The first-order chi connectivity index (χ1) is 12.9. The van der Waals surface area contributed by atoms with E-state index in [1.807, 2.05) is 6.92 Å². The van der Waals surface area contributed by atoms with Crippen molar-refractivity contribution in [2.24, 2.45) is 4.99 Å². The third-order valence-corrected chi connectivity index (χ3v) is 5.17. The summed E-state index contributed by atoms with van der Waals surface area (Å²) in [6, 6.07) is 3.64. The van der Waals surface area contributed by atoms with E-state index in [0.29, 0.717) is 40.0 Å². The van der Waals surface area contributed by atoms with Crippen LogP contribution in [0.3, 0.4) is 0 Å². The van der Waals surface area contributed by atoms with Gasteiger partial charge in [0.15, 0.2) is 11.7 Å². The smallest absolute Gasteiger partial charge is 0.191 e. The first-order valence-electron chi connectivity index (χ1n) is 9.09. The summed E-state index contributed by atoms with van der Waals surface area (Å²) < 4.78 is 5.69. The van der Waals surface area contributed by atoms with E-state index >= 15 is 0 Å². The first kappa shape index (κ1) is 22.4. The molecule has 1 aromatic carbocycles. The van der Waals surface area contributed by atoms with E-state index < -0.39 is 0 Å². The van der Waals surface area contributed by atoms with Crippen molar-refractivity contribution in [3.05, 3.63) is 27.2 Å². The summed E-state index contributed by atoms with van der Waals surface area (Å²) in [6.45, 7) is 7.74. The van der Waals surface area contributed by atoms with Crippen LogP contribution < -0.4 is 15.4 Å². The van der Waals surface area contributed by atoms with E-state index in [4.69, 9.17) is 44.5 Å². The maximum Gasteiger partial charge on any atom is 0.191 e. The Balaban J connectivity index is 1.83. The van der Waals surface area contributed by atoms with Gasteiger partial charge in [0, 0.05) is 37.2 Å². The van der Waals surface area contributed by atoms with E-state index in [1.54, 1.807) is 12.1 Å². The number of halogens is 3. The summed E-state index contributed by atoms with van der Waals surface area (Å²) in [4.78, 5) is 9.42. The quantitative estimate of drug-likeness (QED) is 0.391. The molecule has 2 rings (SSSR count). The average Bonchev–Trinajstić information content (AvgIpc) is 2.60. The van der Waals surface area contributed by atoms with Gasteiger partial charge in [0.05, 0.1) is 23.1 Å². The summed E-state index contributed by atoms with van der Waals surface area (Å²) in [5.41, 5.74) is 0. The first-order valence-corrected chi connectivity index (χ1v) is 10.2. The number of likely N-dealkylation sites (N-methyl/N-ethyl adjacent to an activating group) is 2. The maximum absolute atomic E-state index is 6.13. The van der Waals surface area contributed by atoms with Crippen molar-refractivity contribution in [1.82, 2.24) is 20.4 Å². The number of nitrogens with zero attached hydrogens (tertiary/aromatic N) is 3. The van der Waals surface area contributed by atoms with E-state index in [-0.39, 0.29) is 0 Å². The van der Waals surface area contributed by atoms with Gasteiger partial charge < -0.3 is 20.3 Å². The Bertz CT molecular complexity index is 620. The van der Waals surface area contributed by atoms with Crippen LogP contribution in [0.5, 0.6) is 5.75 Å². The normalized spacial score (nSPS) is 19.2. The van der Waals surface area contributed by atoms with Crippen LogP contribution in [0, 0.1) is 0 Å². The van der Waals surface area contributed by atoms with Crippen molar-refractivity contribution in [3.8, 4) is 5.75 Å². The molecule has 27 heavy (non-hydrogen) atoms. The van der Waals surface area contributed by atoms with Crippen molar-refractivity contribution in [2.45, 2.75) is 13.0 Å². The molecule has 6 nitrogen and oxygen atoms in total. The second-order valence-corrected chi connectivity index (χ2v) is 7.84. The number of hydrogen-bond acceptors (Lipinski definition) is 4. The molecule has 0 bridgehead atoms. The fourth-order valence-electron chi connectivity index (χ4n) is 2.83. The molecule has 1 fully saturated rings. The zero-order valence-corrected chi connectivity index (χ0v) is 18.3. The van der Waals surface area contributed by atoms with E-state index in [2.05, 4.69) is 34.5 Å². The van der Waals surface area contributed by atoms with Crippen LogP contribution in [0.2, 0.25) is 15.1 Å². The highest BCUT2D eigenvalue weighted by Gasteiger charge is 2.21. The maximum atomic E-state index is 6.13. The SMILES string of the molecule is CCNC(=NCC1CN(C)CCN1C)NCCOc1c(Cl)cc(Cl)cc1Cl. The van der Waals surface area contributed by atoms with Gasteiger partial charge in [0.25, 0.3) is 0 Å². The fourth-order valence-corrected chi connectivity index (χ4v) is 3.75. The molecular formula is C18H28Cl3N5O. The van der Waals surface area contributed by atoms with Crippen molar-refractivity contribution in [2.75, 3.05) is 60.0 Å². The minimum Gasteiger partial charge on any atom is -0.489 e. The van der Waals surface area contributed by atoms with Gasteiger partial charge >= 0.3 is 0 Å². The molecule has 1 heterocycles. The van der Waals surface area contributed by atoms with Crippen molar-refractivity contribution < 1.29 is 4.74 Å². The standard InChI is InChI=1S/C18H28Cl3N5O/c1-4-22-18(24-11-14-12-25(2)6-7-26(14)3)23-5-8-27-17-15(20)9-13(19)10-16(17)21/h9-10,14H,4-8,11-12H2,1-3H3,(H2,22,23,24). The lowest BCUT2D eigenvalue weighted by atomic mass is 10.2. The minimum absolute atomic E-state index is 0.400. The van der Waals surface area contributed by atoms with Crippen molar-refractivity contribution >= 4 is 40.8 Å². The highest BCUT2D eigenvalue weighted by molar-refractivity contribution is 6.40. The van der Waals surface area contributed by atoms with Crippen LogP contribution in [-0.4, -0.2) is 81.8 Å². The number of aliphatic imine (C=N–C) groups is 1. The number of hydrogen-bond donors (Lipinski definition) is 2. The van der Waals surface area contributed by atoms with Crippen molar-refractivity contribution in [3.63, 3.8) is 0 Å². The van der Waals surface area contributed by atoms with Gasteiger partial charge in [-0.05, 0) is 33.2 Å². The number of ether oxygens (including phenoxy) is 1. The Hall–Kier alpha value is -0.920. The summed E-state index contributed by atoms with van der Waals surface area (Å²) in [5, 5.41) is 7.82. The molecule has 0 saturated carbocycles. The van der Waals surface area contributed by atoms with Crippen LogP contribution >= 0.6 is 34.8 Å². The topological polar surface area (TPSA) is 52.1 Å². The van der Waals surface area contributed by atoms with Gasteiger partial charge in [-0.25, -0.2) is 0 Å². The van der Waals surface area contributed by atoms with Crippen molar-refractivity contribution in [1.29, 1.82) is 0 Å². The van der Waals surface area contributed by atoms with Gasteiger partial charge in [0.2, 0.25) is 0 Å². The molecule has 1 aromatic rings. The highest BCUT2D eigenvalue weighted by atomic mass is 35.5. The Kier molecular flexibility index (Phi) is 9.26. The predicted molar refractivity (Wildman–Crippen MR) is 115 cm³/mol. The largest absolute Gasteiger partial charge is 0.489 e. The Morgan fingerprint density at radius 1 is 1.19 bits per heavy atom. The van der Waals surface area contributed by atoms with Crippen LogP contribution in [0.1, 0.15) is 6.92 Å². The molecule has 2 N–H and O–H groups in total. The van der Waals surface area contributed by atoms with Crippen LogP contribution in [0.25, 0.3) is 0 Å². The number of rotatable bonds is 7. The Morgan fingerprint density at radius 2 is 1.89 bits per heavy atom. The van der Waals surface area contributed by atoms with E-state index in [1.165, 1.54) is 0 Å². The van der Waals surface area contributed by atoms with Crippen LogP contribution in [-0.2, 0) is 0 Å². The third kappa shape index (κ3) is 7.20. The van der Waals surface area contributed by atoms with E-state index in [0.717, 1.165) is 38.7 Å². The molecule has 1 unspecified atom stereocenters. The fraction of sp³-hybridized carbons (Fsp3) is 0.611. The molecular weight excluding hydrogens is 409 g/mol. The lowest BCUT2D eigenvalue weighted by molar-refractivity contribution is 0.119. The summed E-state index contributed by atoms with van der Waals surface area (Å²) in [6.07, 6.45) is 0. The Labute approximate surface area is 176 Å². The van der Waals surface area contributed by atoms with Crippen LogP contribution in [0.15, 0.2) is 17.1 Å². The molecule has 0 aromatic heterocycles. The Morgan fingerprint density at radius 3 is 2.56 bits per heavy atom. The number of nitrogens with one attached hydrogen (secondary N) is 2. The molecule has 0 amide bonds. The van der Waals surface area contributed by atoms with Gasteiger partial charge in [-0.3, -0.25) is 9.89 Å². The number of piperazine rings is 1. The second-order valence-electron chi connectivity index (χ2n) is 6.59. The summed E-state index contributed by atoms with van der Waals surface area (Å²) in [7, 11) is 4.30. The number of benzene rings is 1. The van der Waals surface area contributed by atoms with E-state index in [9.17, 15) is 0 Å². The average molecular weight is 437 g/mol. The molecule has 1 aliphatic rings. The molecule has 0 spiro atoms. The van der Waals surface area contributed by atoms with Crippen LogP contribution in [0.4, 0.5) is 0 Å². The molecule has 0 radical (unpaired) electrons. The lowest BCUT2D eigenvalue weighted by Crippen LogP contribution is -2.51. The molecule has 1 aliphatic heterocycles. The zero-order chi connectivity index (χ0) is 19.8. The monoisotopic (exact) mass is 435 g/mol. The molecule has 9 heteroatoms. The number of guanidine groups is 1. The third-order valence-electron chi connectivity index (χ3n) is 4.39. The summed E-state index contributed by atoms with van der Waals surface area (Å²) in [5.74, 6) is 1.22. The van der Waals surface area contributed by atoms with Gasteiger partial charge in [-0.1, -0.05) is 34.8 Å². The molecule has 152 valence electrons. The zero-order valence-electron chi connectivity index (χ0n) is 16.1. The predicted octanol–water partition coefficient (Wildman–Crippen LogP) is 2.83. The molecule has 1 saturated heterocycles. The van der Waals surface area contributed by atoms with Gasteiger partial charge in [-0.15, -0.1) is 0 Å². The molecule has 1 atom stereocenters. The minimum atomic E-state index is 0.400.